The number of aromatic nitrogens is 2. The first-order valence-electron chi connectivity index (χ1n) is 12.9. The second kappa shape index (κ2) is 13.8. The normalized spacial score (nSPS) is 11.3. The fourth-order valence-electron chi connectivity index (χ4n) is 3.98. The van der Waals surface area contributed by atoms with Crippen molar-refractivity contribution < 1.29 is 17.9 Å². The van der Waals surface area contributed by atoms with Crippen molar-refractivity contribution in [2.24, 2.45) is 0 Å². The van der Waals surface area contributed by atoms with Crippen LogP contribution >= 0.6 is 0 Å². The monoisotopic (exact) mass is 549 g/mol. The highest BCUT2D eigenvalue weighted by Gasteiger charge is 2.11. The van der Waals surface area contributed by atoms with E-state index in [1.165, 1.54) is 6.26 Å². The van der Waals surface area contributed by atoms with Crippen molar-refractivity contribution in [3.63, 3.8) is 0 Å². The summed E-state index contributed by atoms with van der Waals surface area (Å²) in [7, 11) is -1.28. The highest BCUT2D eigenvalue weighted by molar-refractivity contribution is 7.90. The molecule has 0 aliphatic carbocycles. The quantitative estimate of drug-likeness (QED) is 0.180. The number of ether oxygens (including phenoxy) is 2. The molecule has 0 aliphatic rings. The molecule has 4 rings (SSSR count). The fraction of sp³-hybridized carbons (Fsp3) is 0.310. The summed E-state index contributed by atoms with van der Waals surface area (Å²) < 4.78 is 33.9. The predicted octanol–water partition coefficient (Wildman–Crippen LogP) is 4.79. The van der Waals surface area contributed by atoms with Crippen molar-refractivity contribution >= 4 is 37.9 Å². The van der Waals surface area contributed by atoms with E-state index in [1.807, 2.05) is 66.7 Å². The molecule has 1 heterocycles. The van der Waals surface area contributed by atoms with E-state index in [1.54, 1.807) is 13.4 Å². The van der Waals surface area contributed by atoms with Crippen LogP contribution in [0.2, 0.25) is 0 Å². The molecule has 0 unspecified atom stereocenters. The molecule has 0 fully saturated rings. The van der Waals surface area contributed by atoms with Crippen LogP contribution in [0, 0.1) is 0 Å². The summed E-state index contributed by atoms with van der Waals surface area (Å²) in [4.78, 5) is 8.92. The summed E-state index contributed by atoms with van der Waals surface area (Å²) in [5, 5.41) is 10.8. The number of sulfone groups is 1. The molecule has 0 saturated heterocycles. The van der Waals surface area contributed by atoms with Gasteiger partial charge in [-0.15, -0.1) is 0 Å². The van der Waals surface area contributed by atoms with Crippen LogP contribution in [0.3, 0.4) is 0 Å². The lowest BCUT2D eigenvalue weighted by Gasteiger charge is -2.14. The molecule has 3 N–H and O–H groups in total. The first kappa shape index (κ1) is 28.1. The van der Waals surface area contributed by atoms with E-state index in [0.29, 0.717) is 24.7 Å². The minimum Gasteiger partial charge on any atom is -0.495 e. The van der Waals surface area contributed by atoms with Crippen LogP contribution in [0.4, 0.5) is 17.2 Å². The van der Waals surface area contributed by atoms with Gasteiger partial charge in [-0.05, 0) is 61.3 Å². The number of nitrogens with one attached hydrogen (secondary N) is 3. The number of hydrogen-bond acceptors (Lipinski definition) is 9. The van der Waals surface area contributed by atoms with Gasteiger partial charge in [0, 0.05) is 30.4 Å². The van der Waals surface area contributed by atoms with Crippen LogP contribution in [-0.4, -0.2) is 57.1 Å². The van der Waals surface area contributed by atoms with Gasteiger partial charge in [0.25, 0.3) is 0 Å². The predicted molar refractivity (Wildman–Crippen MR) is 157 cm³/mol. The Hall–Kier alpha value is -3.89. The van der Waals surface area contributed by atoms with E-state index in [2.05, 4.69) is 25.9 Å². The van der Waals surface area contributed by atoms with Crippen LogP contribution in [0.15, 0.2) is 73.1 Å². The van der Waals surface area contributed by atoms with Gasteiger partial charge in [0.05, 0.1) is 24.1 Å². The summed E-state index contributed by atoms with van der Waals surface area (Å²) in [6.07, 6.45) is 4.65. The lowest BCUT2D eigenvalue weighted by atomic mass is 10.1. The van der Waals surface area contributed by atoms with Gasteiger partial charge >= 0.3 is 0 Å². The Balaban J connectivity index is 1.33. The summed E-state index contributed by atoms with van der Waals surface area (Å²) in [5.74, 6) is 2.34. The lowest BCUT2D eigenvalue weighted by Crippen LogP contribution is -2.23. The second-order valence-electron chi connectivity index (χ2n) is 9.23. The number of anilines is 3. The van der Waals surface area contributed by atoms with E-state index in [4.69, 9.17) is 9.47 Å². The van der Waals surface area contributed by atoms with Gasteiger partial charge in [-0.3, -0.25) is 0 Å². The van der Waals surface area contributed by atoms with Crippen LogP contribution in [0.25, 0.3) is 10.9 Å². The SMILES string of the molecule is COc1cc2c(Nc3ccc(OCc4ccccc4)cc3)ncnc2cc1NCCCCNCCS(C)(=O)=O. The first-order valence-corrected chi connectivity index (χ1v) is 15.0. The third kappa shape index (κ3) is 8.83. The average molecular weight is 550 g/mol. The van der Waals surface area contributed by atoms with Crippen LogP contribution in [0.5, 0.6) is 11.5 Å². The van der Waals surface area contributed by atoms with Gasteiger partial charge in [-0.2, -0.15) is 0 Å². The Bertz CT molecular complexity index is 1450. The minimum absolute atomic E-state index is 0.159. The van der Waals surface area contributed by atoms with Crippen molar-refractivity contribution in [3.8, 4) is 11.5 Å². The number of rotatable bonds is 15. The van der Waals surface area contributed by atoms with Gasteiger partial charge in [0.15, 0.2) is 0 Å². The van der Waals surface area contributed by atoms with E-state index < -0.39 is 9.84 Å². The number of unbranched alkanes of at least 4 members (excludes halogenated alkanes) is 1. The minimum atomic E-state index is -2.93. The smallest absolute Gasteiger partial charge is 0.148 e. The maximum atomic E-state index is 11.2. The van der Waals surface area contributed by atoms with Crippen LogP contribution in [0.1, 0.15) is 18.4 Å². The molecule has 3 aromatic carbocycles. The van der Waals surface area contributed by atoms with Crippen molar-refractivity contribution in [2.45, 2.75) is 19.4 Å². The Morgan fingerprint density at radius 3 is 2.41 bits per heavy atom. The Morgan fingerprint density at radius 2 is 1.67 bits per heavy atom. The number of hydrogen-bond donors (Lipinski definition) is 3. The van der Waals surface area contributed by atoms with Gasteiger partial charge < -0.3 is 25.4 Å². The van der Waals surface area contributed by atoms with E-state index >= 15 is 0 Å². The Morgan fingerprint density at radius 1 is 0.897 bits per heavy atom. The molecule has 0 radical (unpaired) electrons. The largest absolute Gasteiger partial charge is 0.495 e. The molecule has 4 aromatic rings. The maximum absolute atomic E-state index is 11.2. The zero-order valence-electron chi connectivity index (χ0n) is 22.3. The Kier molecular flexibility index (Phi) is 9.93. The molecule has 10 heteroatoms. The molecule has 206 valence electrons. The van der Waals surface area contributed by atoms with Gasteiger partial charge in [-0.25, -0.2) is 18.4 Å². The molecule has 9 nitrogen and oxygen atoms in total. The van der Waals surface area contributed by atoms with Gasteiger partial charge in [0.2, 0.25) is 0 Å². The molecule has 0 spiro atoms. The lowest BCUT2D eigenvalue weighted by molar-refractivity contribution is 0.306. The number of methoxy groups -OCH3 is 1. The number of benzene rings is 3. The molecule has 0 bridgehead atoms. The molecule has 0 saturated carbocycles. The van der Waals surface area contributed by atoms with E-state index in [9.17, 15) is 8.42 Å². The van der Waals surface area contributed by atoms with Crippen molar-refractivity contribution in [2.75, 3.05) is 49.4 Å². The zero-order valence-corrected chi connectivity index (χ0v) is 23.1. The maximum Gasteiger partial charge on any atom is 0.148 e. The standard InChI is InChI=1S/C29H35N5O4S/c1-37-28-18-25-26(19-27(28)31-15-7-6-14-30-16-17-39(2,35)36)32-21-33-29(25)34-23-10-12-24(13-11-23)38-20-22-8-4-3-5-9-22/h3-5,8-13,18-19,21,30-31H,6-7,14-17,20H2,1-2H3,(H,32,33,34). The molecule has 1 aromatic heterocycles. The average Bonchev–Trinajstić information content (AvgIpc) is 2.94. The van der Waals surface area contributed by atoms with Gasteiger partial charge in [0.1, 0.15) is 40.1 Å². The van der Waals surface area contributed by atoms with Crippen LogP contribution in [-0.2, 0) is 16.4 Å². The number of nitrogens with zero attached hydrogens (tertiary/aromatic N) is 2. The third-order valence-corrected chi connectivity index (χ3v) is 7.01. The highest BCUT2D eigenvalue weighted by atomic mass is 32.2. The highest BCUT2D eigenvalue weighted by Crippen LogP contribution is 2.33. The van der Waals surface area contributed by atoms with Gasteiger partial charge in [-0.1, -0.05) is 30.3 Å². The fourth-order valence-corrected chi connectivity index (χ4v) is 4.50. The van der Waals surface area contributed by atoms with Crippen molar-refractivity contribution in [3.05, 3.63) is 78.6 Å². The summed E-state index contributed by atoms with van der Waals surface area (Å²) in [6, 6.07) is 21.7. The molecule has 39 heavy (non-hydrogen) atoms. The first-order chi connectivity index (χ1) is 18.9. The number of fused-ring (bicyclic) bond motifs is 1. The van der Waals surface area contributed by atoms with E-state index in [0.717, 1.165) is 59.5 Å². The van der Waals surface area contributed by atoms with Crippen molar-refractivity contribution in [1.29, 1.82) is 0 Å². The molecule has 0 aliphatic heterocycles. The third-order valence-electron chi connectivity index (χ3n) is 6.07. The summed E-state index contributed by atoms with van der Waals surface area (Å²) in [5.41, 5.74) is 3.66. The molecular formula is C29H35N5O4S. The Labute approximate surface area is 229 Å². The molecule has 0 amide bonds. The topological polar surface area (TPSA) is 114 Å². The summed E-state index contributed by atoms with van der Waals surface area (Å²) in [6.45, 7) is 2.52. The van der Waals surface area contributed by atoms with Crippen molar-refractivity contribution in [1.82, 2.24) is 15.3 Å². The summed E-state index contributed by atoms with van der Waals surface area (Å²) >= 11 is 0. The molecule has 0 atom stereocenters. The molecular weight excluding hydrogens is 514 g/mol. The second-order valence-corrected chi connectivity index (χ2v) is 11.5. The van der Waals surface area contributed by atoms with Crippen LogP contribution < -0.4 is 25.4 Å². The zero-order chi connectivity index (χ0) is 27.5. The van der Waals surface area contributed by atoms with E-state index in [-0.39, 0.29) is 5.75 Å².